The summed E-state index contributed by atoms with van der Waals surface area (Å²) in [6.07, 6.45) is 0.974. The lowest BCUT2D eigenvalue weighted by Gasteiger charge is -2.22. The van der Waals surface area contributed by atoms with Crippen LogP contribution in [0.5, 0.6) is 5.75 Å². The molecule has 0 radical (unpaired) electrons. The first kappa shape index (κ1) is 13.2. The lowest BCUT2D eigenvalue weighted by molar-refractivity contribution is 0.313. The average Bonchev–Trinajstić information content (AvgIpc) is 2.81. The Morgan fingerprint density at radius 3 is 2.56 bits per heavy atom. The molecule has 0 aliphatic rings. The first-order valence-electron chi connectivity index (χ1n) is 6.31. The lowest BCUT2D eigenvalue weighted by Crippen LogP contribution is -2.14. The molecule has 0 unspecified atom stereocenters. The molecule has 0 aliphatic heterocycles. The Balaban J connectivity index is 2.01. The fraction of sp³-hybridized carbons (Fsp3) is 0.375. The molecule has 2 rings (SSSR count). The van der Waals surface area contributed by atoms with Crippen molar-refractivity contribution < 1.29 is 4.74 Å². The van der Waals surface area contributed by atoms with Crippen LogP contribution in [-0.2, 0) is 11.8 Å². The maximum atomic E-state index is 5.94. The zero-order valence-corrected chi connectivity index (χ0v) is 12.1. The second kappa shape index (κ2) is 5.57. The van der Waals surface area contributed by atoms with Gasteiger partial charge in [0.25, 0.3) is 0 Å². The van der Waals surface area contributed by atoms with Crippen molar-refractivity contribution in [2.24, 2.45) is 0 Å². The van der Waals surface area contributed by atoms with Crippen LogP contribution in [0, 0.1) is 0 Å². The highest BCUT2D eigenvalue weighted by Gasteiger charge is 2.18. The van der Waals surface area contributed by atoms with E-state index in [1.807, 2.05) is 6.07 Å². The molecule has 2 heteroatoms. The molecule has 18 heavy (non-hydrogen) atoms. The van der Waals surface area contributed by atoms with Gasteiger partial charge in [0.15, 0.2) is 0 Å². The van der Waals surface area contributed by atoms with E-state index in [1.165, 1.54) is 11.1 Å². The average molecular weight is 260 g/mol. The van der Waals surface area contributed by atoms with Gasteiger partial charge in [-0.1, -0.05) is 39.0 Å². The second-order valence-electron chi connectivity index (χ2n) is 5.48. The summed E-state index contributed by atoms with van der Waals surface area (Å²) < 4.78 is 5.94. The fourth-order valence-corrected chi connectivity index (χ4v) is 2.63. The largest absolute Gasteiger partial charge is 0.493 e. The smallest absolute Gasteiger partial charge is 0.123 e. The Hall–Kier alpha value is -1.28. The SMILES string of the molecule is CC(C)(C)c1ccccc1OCCc1ccsc1. The molecular formula is C16H20OS. The van der Waals surface area contributed by atoms with Gasteiger partial charge in [-0.25, -0.2) is 0 Å². The minimum atomic E-state index is 0.124. The van der Waals surface area contributed by atoms with Crippen LogP contribution < -0.4 is 4.74 Å². The van der Waals surface area contributed by atoms with E-state index in [0.717, 1.165) is 18.8 Å². The van der Waals surface area contributed by atoms with Crippen LogP contribution in [0.1, 0.15) is 31.9 Å². The number of para-hydroxylation sites is 1. The van der Waals surface area contributed by atoms with Crippen molar-refractivity contribution in [3.63, 3.8) is 0 Å². The number of ether oxygens (including phenoxy) is 1. The fourth-order valence-electron chi connectivity index (χ4n) is 1.93. The maximum absolute atomic E-state index is 5.94. The van der Waals surface area contributed by atoms with Crippen LogP contribution in [-0.4, -0.2) is 6.61 Å². The van der Waals surface area contributed by atoms with Crippen LogP contribution >= 0.6 is 11.3 Å². The van der Waals surface area contributed by atoms with Crippen molar-refractivity contribution in [2.75, 3.05) is 6.61 Å². The molecule has 1 aromatic heterocycles. The first-order valence-corrected chi connectivity index (χ1v) is 7.25. The molecular weight excluding hydrogens is 240 g/mol. The number of thiophene rings is 1. The minimum Gasteiger partial charge on any atom is -0.493 e. The zero-order valence-electron chi connectivity index (χ0n) is 11.3. The molecule has 0 spiro atoms. The van der Waals surface area contributed by atoms with Crippen molar-refractivity contribution in [3.05, 3.63) is 52.2 Å². The van der Waals surface area contributed by atoms with Gasteiger partial charge in [-0.3, -0.25) is 0 Å². The number of rotatable bonds is 4. The Morgan fingerprint density at radius 1 is 1.11 bits per heavy atom. The van der Waals surface area contributed by atoms with Crippen molar-refractivity contribution in [3.8, 4) is 5.75 Å². The summed E-state index contributed by atoms with van der Waals surface area (Å²) >= 11 is 1.74. The molecule has 1 heterocycles. The Morgan fingerprint density at radius 2 is 1.89 bits per heavy atom. The first-order chi connectivity index (χ1) is 8.57. The highest BCUT2D eigenvalue weighted by Crippen LogP contribution is 2.30. The summed E-state index contributed by atoms with van der Waals surface area (Å²) in [6.45, 7) is 7.39. The van der Waals surface area contributed by atoms with Gasteiger partial charge in [-0.2, -0.15) is 11.3 Å². The van der Waals surface area contributed by atoms with Crippen molar-refractivity contribution in [2.45, 2.75) is 32.6 Å². The van der Waals surface area contributed by atoms with Gasteiger partial charge < -0.3 is 4.74 Å². The van der Waals surface area contributed by atoms with Crippen LogP contribution in [0.3, 0.4) is 0 Å². The van der Waals surface area contributed by atoms with E-state index in [-0.39, 0.29) is 5.41 Å². The van der Waals surface area contributed by atoms with E-state index in [2.05, 4.69) is 55.8 Å². The molecule has 1 aromatic carbocycles. The molecule has 1 nitrogen and oxygen atoms in total. The van der Waals surface area contributed by atoms with Crippen molar-refractivity contribution in [1.29, 1.82) is 0 Å². The molecule has 0 amide bonds. The summed E-state index contributed by atoms with van der Waals surface area (Å²) in [5.74, 6) is 1.01. The van der Waals surface area contributed by atoms with Crippen LogP contribution in [0.4, 0.5) is 0 Å². The van der Waals surface area contributed by atoms with Gasteiger partial charge in [0.1, 0.15) is 5.75 Å². The van der Waals surface area contributed by atoms with Gasteiger partial charge >= 0.3 is 0 Å². The van der Waals surface area contributed by atoms with Gasteiger partial charge in [-0.15, -0.1) is 0 Å². The van der Waals surface area contributed by atoms with E-state index in [1.54, 1.807) is 11.3 Å². The van der Waals surface area contributed by atoms with E-state index in [4.69, 9.17) is 4.74 Å². The predicted octanol–water partition coefficient (Wildman–Crippen LogP) is 4.67. The summed E-state index contributed by atoms with van der Waals surface area (Å²) in [5, 5.41) is 4.29. The van der Waals surface area contributed by atoms with E-state index in [0.29, 0.717) is 0 Å². The third-order valence-corrected chi connectivity index (χ3v) is 3.66. The summed E-state index contributed by atoms with van der Waals surface area (Å²) in [4.78, 5) is 0. The second-order valence-corrected chi connectivity index (χ2v) is 6.26. The molecule has 0 aliphatic carbocycles. The van der Waals surface area contributed by atoms with Crippen molar-refractivity contribution in [1.82, 2.24) is 0 Å². The minimum absolute atomic E-state index is 0.124. The molecule has 0 saturated carbocycles. The Labute approximate surface area is 113 Å². The van der Waals surface area contributed by atoms with E-state index < -0.39 is 0 Å². The molecule has 2 aromatic rings. The Bertz CT molecular complexity index is 480. The van der Waals surface area contributed by atoms with Crippen LogP contribution in [0.15, 0.2) is 41.1 Å². The lowest BCUT2D eigenvalue weighted by atomic mass is 9.86. The van der Waals surface area contributed by atoms with Crippen LogP contribution in [0.25, 0.3) is 0 Å². The third-order valence-electron chi connectivity index (χ3n) is 2.92. The quantitative estimate of drug-likeness (QED) is 0.776. The monoisotopic (exact) mass is 260 g/mol. The number of benzene rings is 1. The highest BCUT2D eigenvalue weighted by molar-refractivity contribution is 7.07. The number of hydrogen-bond donors (Lipinski definition) is 0. The Kier molecular flexibility index (Phi) is 4.07. The molecule has 0 bridgehead atoms. The topological polar surface area (TPSA) is 9.23 Å². The molecule has 0 atom stereocenters. The highest BCUT2D eigenvalue weighted by atomic mass is 32.1. The third kappa shape index (κ3) is 3.36. The maximum Gasteiger partial charge on any atom is 0.123 e. The van der Waals surface area contributed by atoms with Gasteiger partial charge in [-0.05, 0) is 39.4 Å². The van der Waals surface area contributed by atoms with Gasteiger partial charge in [0.05, 0.1) is 6.61 Å². The molecule has 0 fully saturated rings. The summed E-state index contributed by atoms with van der Waals surface area (Å²) in [7, 11) is 0. The van der Waals surface area contributed by atoms with E-state index >= 15 is 0 Å². The van der Waals surface area contributed by atoms with Gasteiger partial charge in [0.2, 0.25) is 0 Å². The van der Waals surface area contributed by atoms with Crippen LogP contribution in [0.2, 0.25) is 0 Å². The molecule has 0 saturated heterocycles. The summed E-state index contributed by atoms with van der Waals surface area (Å²) in [6, 6.07) is 10.5. The standard InChI is InChI=1S/C16H20OS/c1-16(2,3)14-6-4-5-7-15(14)17-10-8-13-9-11-18-12-13/h4-7,9,11-12H,8,10H2,1-3H3. The predicted molar refractivity (Wildman–Crippen MR) is 78.7 cm³/mol. The van der Waals surface area contributed by atoms with E-state index in [9.17, 15) is 0 Å². The molecule has 96 valence electrons. The molecule has 0 N–H and O–H groups in total. The zero-order chi connectivity index (χ0) is 13.0. The normalized spacial score (nSPS) is 11.5. The number of hydrogen-bond acceptors (Lipinski definition) is 2. The van der Waals surface area contributed by atoms with Crippen molar-refractivity contribution >= 4 is 11.3 Å². The van der Waals surface area contributed by atoms with Gasteiger partial charge in [0, 0.05) is 6.42 Å². The summed E-state index contributed by atoms with van der Waals surface area (Å²) in [5.41, 5.74) is 2.75.